The maximum absolute atomic E-state index is 12.2. The van der Waals surface area contributed by atoms with Crippen molar-refractivity contribution in [3.05, 3.63) is 36.0 Å². The molecular weight excluding hydrogens is 286 g/mol. The van der Waals surface area contributed by atoms with E-state index in [0.29, 0.717) is 11.5 Å². The number of carbonyl (C=O) groups excluding carboxylic acids is 1. The van der Waals surface area contributed by atoms with Crippen LogP contribution in [0, 0.1) is 6.92 Å². The molecule has 0 fully saturated rings. The Balaban J connectivity index is 1.75. The summed E-state index contributed by atoms with van der Waals surface area (Å²) in [6.07, 6.45) is 0. The van der Waals surface area contributed by atoms with E-state index in [1.807, 2.05) is 30.3 Å². The lowest BCUT2D eigenvalue weighted by atomic mass is 10.2. The van der Waals surface area contributed by atoms with Crippen LogP contribution >= 0.6 is 0 Å². The van der Waals surface area contributed by atoms with Gasteiger partial charge in [-0.15, -0.1) is 10.2 Å². The van der Waals surface area contributed by atoms with Gasteiger partial charge in [0.25, 0.3) is 5.91 Å². The predicted octanol–water partition coefficient (Wildman–Crippen LogP) is 1.23. The predicted molar refractivity (Wildman–Crippen MR) is 75.6 cm³/mol. The number of nitrogens with zero attached hydrogens (tertiary/aromatic N) is 6. The van der Waals surface area contributed by atoms with Crippen LogP contribution in [0.4, 0.5) is 5.82 Å². The molecule has 0 saturated carbocycles. The summed E-state index contributed by atoms with van der Waals surface area (Å²) in [5.41, 5.74) is 1.33. The van der Waals surface area contributed by atoms with Gasteiger partial charge in [0.2, 0.25) is 5.82 Å². The fourth-order valence-electron chi connectivity index (χ4n) is 1.76. The molecule has 2 heterocycles. The number of amides is 1. The van der Waals surface area contributed by atoms with E-state index < -0.39 is 6.04 Å². The van der Waals surface area contributed by atoms with Crippen LogP contribution in [-0.2, 0) is 4.79 Å². The molecule has 1 atom stereocenters. The summed E-state index contributed by atoms with van der Waals surface area (Å²) in [5, 5.41) is 21.9. The Morgan fingerprint density at radius 1 is 1.27 bits per heavy atom. The van der Waals surface area contributed by atoms with Gasteiger partial charge in [0.15, 0.2) is 5.82 Å². The van der Waals surface area contributed by atoms with Crippen molar-refractivity contribution in [3.63, 3.8) is 0 Å². The van der Waals surface area contributed by atoms with Crippen LogP contribution in [0.2, 0.25) is 0 Å². The maximum Gasteiger partial charge on any atom is 0.252 e. The third kappa shape index (κ3) is 2.68. The van der Waals surface area contributed by atoms with Gasteiger partial charge >= 0.3 is 0 Å². The van der Waals surface area contributed by atoms with E-state index in [0.717, 1.165) is 5.56 Å². The number of carbonyl (C=O) groups is 1. The monoisotopic (exact) mass is 299 g/mol. The van der Waals surface area contributed by atoms with Crippen LogP contribution in [0.15, 0.2) is 35.0 Å². The minimum Gasteiger partial charge on any atom is -0.304 e. The molecule has 0 aliphatic rings. The van der Waals surface area contributed by atoms with Crippen molar-refractivity contribution >= 4 is 11.7 Å². The normalized spacial score (nSPS) is 12.1. The second kappa shape index (κ2) is 5.72. The number of benzene rings is 1. The summed E-state index contributed by atoms with van der Waals surface area (Å²) in [5.74, 6) is 0.399. The Labute approximate surface area is 125 Å². The lowest BCUT2D eigenvalue weighted by molar-refractivity contribution is -0.119. The topological polar surface area (TPSA) is 112 Å². The summed E-state index contributed by atoms with van der Waals surface area (Å²) in [6.45, 7) is 3.34. The largest absolute Gasteiger partial charge is 0.304 e. The van der Waals surface area contributed by atoms with Crippen molar-refractivity contribution in [2.45, 2.75) is 19.9 Å². The fourth-order valence-corrected chi connectivity index (χ4v) is 1.76. The standard InChI is InChI=1S/C13H13N7O2/c1-8-11(18-22-17-8)14-13(21)9(2)20-16-12(15-19-20)10-6-4-3-5-7-10/h3-7,9H,1-2H3,(H,14,18,21). The van der Waals surface area contributed by atoms with Gasteiger partial charge in [0.05, 0.1) is 0 Å². The van der Waals surface area contributed by atoms with Gasteiger partial charge in [-0.3, -0.25) is 4.79 Å². The zero-order chi connectivity index (χ0) is 15.5. The smallest absolute Gasteiger partial charge is 0.252 e. The van der Waals surface area contributed by atoms with Crippen LogP contribution in [0.1, 0.15) is 18.7 Å². The summed E-state index contributed by atoms with van der Waals surface area (Å²) >= 11 is 0. The lowest BCUT2D eigenvalue weighted by Crippen LogP contribution is -2.25. The molecule has 0 spiro atoms. The van der Waals surface area contributed by atoms with Crippen molar-refractivity contribution in [1.29, 1.82) is 0 Å². The second-order valence-corrected chi connectivity index (χ2v) is 4.66. The number of hydrogen-bond donors (Lipinski definition) is 1. The molecule has 2 aromatic heterocycles. The number of nitrogens with one attached hydrogen (secondary N) is 1. The first-order valence-electron chi connectivity index (χ1n) is 6.60. The van der Waals surface area contributed by atoms with E-state index >= 15 is 0 Å². The molecule has 1 amide bonds. The Kier molecular flexibility index (Phi) is 3.60. The minimum absolute atomic E-state index is 0.278. The molecule has 1 aromatic carbocycles. The van der Waals surface area contributed by atoms with Gasteiger partial charge in [0.1, 0.15) is 11.7 Å². The molecule has 3 aromatic rings. The second-order valence-electron chi connectivity index (χ2n) is 4.66. The van der Waals surface area contributed by atoms with E-state index in [1.54, 1.807) is 13.8 Å². The van der Waals surface area contributed by atoms with Crippen LogP contribution < -0.4 is 5.32 Å². The number of hydrogen-bond acceptors (Lipinski definition) is 7. The minimum atomic E-state index is -0.652. The molecule has 0 radical (unpaired) electrons. The third-order valence-corrected chi connectivity index (χ3v) is 3.08. The maximum atomic E-state index is 12.2. The molecule has 1 N–H and O–H groups in total. The number of tetrazole rings is 1. The average molecular weight is 299 g/mol. The van der Waals surface area contributed by atoms with Crippen molar-refractivity contribution in [2.24, 2.45) is 0 Å². The molecule has 1 unspecified atom stereocenters. The number of aromatic nitrogens is 6. The van der Waals surface area contributed by atoms with E-state index in [4.69, 9.17) is 0 Å². The molecule has 22 heavy (non-hydrogen) atoms. The Hall–Kier alpha value is -3.10. The summed E-state index contributed by atoms with van der Waals surface area (Å²) in [4.78, 5) is 13.4. The third-order valence-electron chi connectivity index (χ3n) is 3.08. The summed E-state index contributed by atoms with van der Waals surface area (Å²) < 4.78 is 4.53. The van der Waals surface area contributed by atoms with Crippen molar-refractivity contribution < 1.29 is 9.42 Å². The highest BCUT2D eigenvalue weighted by molar-refractivity contribution is 5.92. The summed E-state index contributed by atoms with van der Waals surface area (Å²) in [6, 6.07) is 8.76. The summed E-state index contributed by atoms with van der Waals surface area (Å²) in [7, 11) is 0. The van der Waals surface area contributed by atoms with Gasteiger partial charge in [0, 0.05) is 5.56 Å². The van der Waals surface area contributed by atoms with Crippen LogP contribution in [0.5, 0.6) is 0 Å². The van der Waals surface area contributed by atoms with Crippen molar-refractivity contribution in [1.82, 2.24) is 30.5 Å². The zero-order valence-corrected chi connectivity index (χ0v) is 12.0. The Morgan fingerprint density at radius 3 is 2.73 bits per heavy atom. The highest BCUT2D eigenvalue weighted by atomic mass is 16.6. The number of aryl methyl sites for hydroxylation is 1. The van der Waals surface area contributed by atoms with Crippen LogP contribution in [-0.4, -0.2) is 36.4 Å². The van der Waals surface area contributed by atoms with Gasteiger partial charge in [-0.1, -0.05) is 35.5 Å². The lowest BCUT2D eigenvalue weighted by Gasteiger charge is -2.08. The first kappa shape index (κ1) is 13.9. The van der Waals surface area contributed by atoms with Gasteiger partial charge in [-0.05, 0) is 24.2 Å². The molecule has 9 heteroatoms. The number of anilines is 1. The molecule has 0 bridgehead atoms. The van der Waals surface area contributed by atoms with Gasteiger partial charge < -0.3 is 5.32 Å². The molecule has 0 aliphatic carbocycles. The van der Waals surface area contributed by atoms with E-state index in [2.05, 4.69) is 35.7 Å². The average Bonchev–Trinajstić information content (AvgIpc) is 3.17. The van der Waals surface area contributed by atoms with E-state index in [9.17, 15) is 4.79 Å². The van der Waals surface area contributed by atoms with E-state index in [1.165, 1.54) is 4.80 Å². The Bertz CT molecular complexity index is 781. The SMILES string of the molecule is Cc1nonc1NC(=O)C(C)n1nnc(-c2ccccc2)n1. The Morgan fingerprint density at radius 2 is 2.05 bits per heavy atom. The number of rotatable bonds is 4. The highest BCUT2D eigenvalue weighted by Crippen LogP contribution is 2.15. The molecular formula is C13H13N7O2. The van der Waals surface area contributed by atoms with E-state index in [-0.39, 0.29) is 11.7 Å². The quantitative estimate of drug-likeness (QED) is 0.771. The van der Waals surface area contributed by atoms with Gasteiger partial charge in [-0.25, -0.2) is 4.63 Å². The molecule has 3 rings (SSSR count). The molecule has 9 nitrogen and oxygen atoms in total. The van der Waals surface area contributed by atoms with Gasteiger partial charge in [-0.2, -0.15) is 4.80 Å². The van der Waals surface area contributed by atoms with Crippen LogP contribution in [0.25, 0.3) is 11.4 Å². The molecule has 0 saturated heterocycles. The highest BCUT2D eigenvalue weighted by Gasteiger charge is 2.20. The fraction of sp³-hybridized carbons (Fsp3) is 0.231. The van der Waals surface area contributed by atoms with Crippen molar-refractivity contribution in [2.75, 3.05) is 5.32 Å². The molecule has 112 valence electrons. The molecule has 0 aliphatic heterocycles. The first-order chi connectivity index (χ1) is 10.6. The van der Waals surface area contributed by atoms with Crippen LogP contribution in [0.3, 0.4) is 0 Å². The zero-order valence-electron chi connectivity index (χ0n) is 12.0. The first-order valence-corrected chi connectivity index (χ1v) is 6.60. The van der Waals surface area contributed by atoms with Crippen molar-refractivity contribution in [3.8, 4) is 11.4 Å².